The number of unbranched alkanes of at least 4 members (excludes halogenated alkanes) is 12. The van der Waals surface area contributed by atoms with Crippen LogP contribution in [-0.2, 0) is 9.47 Å². The zero-order chi connectivity index (χ0) is 19.0. The maximum Gasteiger partial charge on any atom is 0.114 e. The molecular weight excluding hydrogens is 332 g/mol. The molecule has 0 aromatic rings. The van der Waals surface area contributed by atoms with Gasteiger partial charge in [-0.05, 0) is 6.42 Å². The maximum atomic E-state index is 9.92. The van der Waals surface area contributed by atoms with Crippen LogP contribution in [-0.4, -0.2) is 59.6 Å². The third kappa shape index (κ3) is 10.8. The van der Waals surface area contributed by atoms with Crippen molar-refractivity contribution in [3.8, 4) is 0 Å². The van der Waals surface area contributed by atoms with Gasteiger partial charge in [0, 0.05) is 6.61 Å². The van der Waals surface area contributed by atoms with E-state index >= 15 is 0 Å². The second kappa shape index (κ2) is 15.8. The summed E-state index contributed by atoms with van der Waals surface area (Å²) in [6.07, 6.45) is 13.6. The average molecular weight is 375 g/mol. The van der Waals surface area contributed by atoms with E-state index < -0.39 is 24.4 Å². The van der Waals surface area contributed by atoms with Gasteiger partial charge in [-0.3, -0.25) is 0 Å². The van der Waals surface area contributed by atoms with E-state index in [2.05, 4.69) is 6.92 Å². The van der Waals surface area contributed by atoms with Gasteiger partial charge < -0.3 is 24.8 Å². The highest BCUT2D eigenvalue weighted by atomic mass is 16.5. The van der Waals surface area contributed by atoms with Crippen LogP contribution in [0.2, 0.25) is 0 Å². The summed E-state index contributed by atoms with van der Waals surface area (Å²) in [4.78, 5) is 0. The number of aliphatic hydroxyl groups is 3. The van der Waals surface area contributed by atoms with E-state index in [0.29, 0.717) is 6.61 Å². The zero-order valence-corrected chi connectivity index (χ0v) is 16.8. The standard InChI is InChI=1S/C21H42O5/c1-2-3-4-5-6-7-8-9-10-11-12-13-14-15-25-16-19(23)21-20(24)18(22)17-26-21/h18-24H,2-17H2,1H3/t18-,19+,20+,21+/m1/s1. The van der Waals surface area contributed by atoms with Crippen LogP contribution in [0.4, 0.5) is 0 Å². The molecule has 0 unspecified atom stereocenters. The van der Waals surface area contributed by atoms with Gasteiger partial charge in [0.15, 0.2) is 0 Å². The van der Waals surface area contributed by atoms with Crippen molar-refractivity contribution in [1.82, 2.24) is 0 Å². The molecule has 0 radical (unpaired) electrons. The predicted octanol–water partition coefficient (Wildman–Crippen LogP) is 3.58. The van der Waals surface area contributed by atoms with Crippen LogP contribution < -0.4 is 0 Å². The Balaban J connectivity index is 1.78. The minimum Gasteiger partial charge on any atom is -0.388 e. The molecule has 0 aliphatic carbocycles. The highest BCUT2D eigenvalue weighted by Crippen LogP contribution is 2.18. The first-order valence-corrected chi connectivity index (χ1v) is 10.9. The molecule has 1 saturated heterocycles. The molecule has 1 heterocycles. The second-order valence-electron chi connectivity index (χ2n) is 7.74. The van der Waals surface area contributed by atoms with Crippen LogP contribution in [0, 0.1) is 0 Å². The fraction of sp³-hybridized carbons (Fsp3) is 1.00. The molecule has 0 aromatic heterocycles. The average Bonchev–Trinajstić information content (AvgIpc) is 2.97. The Hall–Kier alpha value is -0.200. The summed E-state index contributed by atoms with van der Waals surface area (Å²) in [5.41, 5.74) is 0. The van der Waals surface area contributed by atoms with Crippen LogP contribution in [0.25, 0.3) is 0 Å². The molecule has 0 bridgehead atoms. The number of aliphatic hydroxyl groups excluding tert-OH is 3. The zero-order valence-electron chi connectivity index (χ0n) is 16.8. The van der Waals surface area contributed by atoms with E-state index in [1.54, 1.807) is 0 Å². The Labute approximate surface area is 160 Å². The van der Waals surface area contributed by atoms with Crippen molar-refractivity contribution in [2.24, 2.45) is 0 Å². The third-order valence-corrected chi connectivity index (χ3v) is 5.25. The van der Waals surface area contributed by atoms with Crippen LogP contribution in [0.3, 0.4) is 0 Å². The predicted molar refractivity (Wildman–Crippen MR) is 104 cm³/mol. The van der Waals surface area contributed by atoms with Gasteiger partial charge in [0.1, 0.15) is 24.4 Å². The SMILES string of the molecule is CCCCCCCCCCCCCCCOC[C@H](O)[C@@H]1OC[C@@H](O)[C@@H]1O. The van der Waals surface area contributed by atoms with Crippen molar-refractivity contribution >= 4 is 0 Å². The van der Waals surface area contributed by atoms with E-state index in [4.69, 9.17) is 9.47 Å². The first-order chi connectivity index (χ1) is 12.7. The summed E-state index contributed by atoms with van der Waals surface area (Å²) in [5, 5.41) is 29.0. The van der Waals surface area contributed by atoms with E-state index in [1.807, 2.05) is 0 Å². The minimum absolute atomic E-state index is 0.0712. The number of hydrogen-bond acceptors (Lipinski definition) is 5. The van der Waals surface area contributed by atoms with Crippen molar-refractivity contribution < 1.29 is 24.8 Å². The summed E-state index contributed by atoms with van der Waals surface area (Å²) < 4.78 is 10.7. The van der Waals surface area contributed by atoms with Gasteiger partial charge in [0.05, 0.1) is 13.2 Å². The number of ether oxygens (including phenoxy) is 2. The van der Waals surface area contributed by atoms with Gasteiger partial charge in [0.25, 0.3) is 0 Å². The summed E-state index contributed by atoms with van der Waals surface area (Å²) in [6, 6.07) is 0. The lowest BCUT2D eigenvalue weighted by atomic mass is 10.0. The van der Waals surface area contributed by atoms with Gasteiger partial charge in [-0.2, -0.15) is 0 Å². The van der Waals surface area contributed by atoms with Crippen molar-refractivity contribution in [3.05, 3.63) is 0 Å². The van der Waals surface area contributed by atoms with Gasteiger partial charge in [-0.15, -0.1) is 0 Å². The molecule has 0 aromatic carbocycles. The van der Waals surface area contributed by atoms with E-state index in [-0.39, 0.29) is 13.2 Å². The van der Waals surface area contributed by atoms with Crippen LogP contribution in [0.5, 0.6) is 0 Å². The van der Waals surface area contributed by atoms with Crippen LogP contribution >= 0.6 is 0 Å². The van der Waals surface area contributed by atoms with E-state index in [1.165, 1.54) is 70.6 Å². The smallest absolute Gasteiger partial charge is 0.114 e. The first kappa shape index (κ1) is 23.8. The Bertz CT molecular complexity index is 313. The van der Waals surface area contributed by atoms with Gasteiger partial charge in [0.2, 0.25) is 0 Å². The van der Waals surface area contributed by atoms with Crippen molar-refractivity contribution in [2.45, 2.75) is 115 Å². The molecule has 0 amide bonds. The number of hydrogen-bond donors (Lipinski definition) is 3. The van der Waals surface area contributed by atoms with Gasteiger partial charge in [-0.1, -0.05) is 84.0 Å². The first-order valence-electron chi connectivity index (χ1n) is 10.9. The molecule has 5 heteroatoms. The molecule has 5 nitrogen and oxygen atoms in total. The highest BCUT2D eigenvalue weighted by Gasteiger charge is 2.39. The molecule has 1 aliphatic rings. The third-order valence-electron chi connectivity index (χ3n) is 5.25. The maximum absolute atomic E-state index is 9.92. The topological polar surface area (TPSA) is 79.2 Å². The van der Waals surface area contributed by atoms with E-state index in [9.17, 15) is 15.3 Å². The monoisotopic (exact) mass is 374 g/mol. The lowest BCUT2D eigenvalue weighted by molar-refractivity contribution is -0.0813. The fourth-order valence-electron chi connectivity index (χ4n) is 3.49. The Kier molecular flexibility index (Phi) is 14.5. The lowest BCUT2D eigenvalue weighted by Crippen LogP contribution is -2.40. The summed E-state index contributed by atoms with van der Waals surface area (Å²) in [7, 11) is 0. The molecule has 26 heavy (non-hydrogen) atoms. The van der Waals surface area contributed by atoms with Gasteiger partial charge >= 0.3 is 0 Å². The lowest BCUT2D eigenvalue weighted by Gasteiger charge is -2.20. The Morgan fingerprint density at radius 1 is 0.846 bits per heavy atom. The molecular formula is C21H42O5. The normalized spacial score (nSPS) is 24.2. The molecule has 4 atom stereocenters. The molecule has 3 N–H and O–H groups in total. The second-order valence-corrected chi connectivity index (χ2v) is 7.74. The Morgan fingerprint density at radius 3 is 1.81 bits per heavy atom. The van der Waals surface area contributed by atoms with Crippen LogP contribution in [0.15, 0.2) is 0 Å². The van der Waals surface area contributed by atoms with Crippen molar-refractivity contribution in [2.75, 3.05) is 19.8 Å². The highest BCUT2D eigenvalue weighted by molar-refractivity contribution is 4.87. The molecule has 1 aliphatic heterocycles. The molecule has 1 rings (SSSR count). The quantitative estimate of drug-likeness (QED) is 0.339. The number of rotatable bonds is 17. The summed E-state index contributed by atoms with van der Waals surface area (Å²) in [5.74, 6) is 0. The van der Waals surface area contributed by atoms with Crippen molar-refractivity contribution in [1.29, 1.82) is 0 Å². The van der Waals surface area contributed by atoms with Crippen molar-refractivity contribution in [3.63, 3.8) is 0 Å². The molecule has 0 spiro atoms. The van der Waals surface area contributed by atoms with Gasteiger partial charge in [-0.25, -0.2) is 0 Å². The molecule has 0 saturated carbocycles. The Morgan fingerprint density at radius 2 is 1.35 bits per heavy atom. The fourth-order valence-corrected chi connectivity index (χ4v) is 3.49. The summed E-state index contributed by atoms with van der Waals surface area (Å²) in [6.45, 7) is 3.10. The molecule has 156 valence electrons. The summed E-state index contributed by atoms with van der Waals surface area (Å²) >= 11 is 0. The minimum atomic E-state index is -1.02. The van der Waals surface area contributed by atoms with Crippen LogP contribution in [0.1, 0.15) is 90.4 Å². The molecule has 1 fully saturated rings. The largest absolute Gasteiger partial charge is 0.388 e. The van der Waals surface area contributed by atoms with E-state index in [0.717, 1.165) is 12.8 Å².